The number of hydrogen-bond donors (Lipinski definition) is 1. The van der Waals surface area contributed by atoms with Gasteiger partial charge in [0.05, 0.1) is 0 Å². The van der Waals surface area contributed by atoms with Gasteiger partial charge in [0.2, 0.25) is 0 Å². The first-order valence-corrected chi connectivity index (χ1v) is 9.34. The normalized spacial score (nSPS) is 15.9. The first-order valence-electron chi connectivity index (χ1n) is 7.09. The molecule has 1 aliphatic carbocycles. The zero-order chi connectivity index (χ0) is 15.8. The van der Waals surface area contributed by atoms with Crippen molar-refractivity contribution >= 4 is 27.3 Å². The van der Waals surface area contributed by atoms with Gasteiger partial charge in [-0.05, 0) is 43.7 Å². The van der Waals surface area contributed by atoms with E-state index in [1.165, 1.54) is 6.07 Å². The fourth-order valence-electron chi connectivity index (χ4n) is 2.15. The minimum Gasteiger partial charge on any atom is -0.477 e. The lowest BCUT2D eigenvalue weighted by atomic mass is 10.1. The molecule has 5 nitrogen and oxygen atoms in total. The van der Waals surface area contributed by atoms with Gasteiger partial charge < -0.3 is 5.11 Å². The lowest BCUT2D eigenvalue weighted by molar-refractivity contribution is 0.0701. The van der Waals surface area contributed by atoms with Crippen molar-refractivity contribution in [1.82, 2.24) is 4.31 Å². The van der Waals surface area contributed by atoms with Crippen molar-refractivity contribution in [2.24, 2.45) is 5.92 Å². The quantitative estimate of drug-likeness (QED) is 0.833. The van der Waals surface area contributed by atoms with Gasteiger partial charge in [-0.3, -0.25) is 0 Å². The highest BCUT2D eigenvalue weighted by Crippen LogP contribution is 2.35. The van der Waals surface area contributed by atoms with Crippen LogP contribution in [0, 0.1) is 12.8 Å². The van der Waals surface area contributed by atoms with E-state index in [-0.39, 0.29) is 15.1 Å². The molecule has 1 heterocycles. The van der Waals surface area contributed by atoms with Crippen LogP contribution in [0.4, 0.5) is 0 Å². The van der Waals surface area contributed by atoms with Crippen molar-refractivity contribution in [1.29, 1.82) is 0 Å². The number of hydrogen-bond acceptors (Lipinski definition) is 4. The van der Waals surface area contributed by atoms with Crippen LogP contribution in [-0.4, -0.2) is 36.4 Å². The van der Waals surface area contributed by atoms with E-state index in [4.69, 9.17) is 5.11 Å². The summed E-state index contributed by atoms with van der Waals surface area (Å²) in [6.07, 6.45) is 2.60. The lowest BCUT2D eigenvalue weighted by Gasteiger charge is -2.21. The molecule has 1 N–H and O–H groups in total. The van der Waals surface area contributed by atoms with Crippen LogP contribution in [0.5, 0.6) is 0 Å². The molecule has 0 unspecified atom stereocenters. The Hall–Kier alpha value is -0.920. The van der Waals surface area contributed by atoms with Gasteiger partial charge in [-0.1, -0.05) is 13.8 Å². The Labute approximate surface area is 129 Å². The Bertz CT molecular complexity index is 629. The van der Waals surface area contributed by atoms with Gasteiger partial charge in [0.1, 0.15) is 9.09 Å². The second kappa shape index (κ2) is 6.06. The number of sulfonamides is 1. The smallest absolute Gasteiger partial charge is 0.346 e. The monoisotopic (exact) mass is 331 g/mol. The first-order chi connectivity index (χ1) is 9.73. The minimum atomic E-state index is -3.58. The SMILES string of the molecule is Cc1cc(S(=O)(=O)N(CCC(C)C)C2CC2)sc1C(=O)O. The maximum Gasteiger partial charge on any atom is 0.346 e. The molecule has 1 fully saturated rings. The molecule has 1 aromatic rings. The Kier molecular flexibility index (Phi) is 4.75. The third-order valence-electron chi connectivity index (χ3n) is 3.53. The van der Waals surface area contributed by atoms with E-state index in [0.717, 1.165) is 30.6 Å². The molecule has 1 saturated carbocycles. The predicted octanol–water partition coefficient (Wildman–Crippen LogP) is 2.95. The molecular formula is C14H21NO4S2. The third-order valence-corrected chi connectivity index (χ3v) is 7.16. The van der Waals surface area contributed by atoms with Crippen molar-refractivity contribution in [2.45, 2.75) is 50.3 Å². The van der Waals surface area contributed by atoms with E-state index >= 15 is 0 Å². The summed E-state index contributed by atoms with van der Waals surface area (Å²) in [6, 6.07) is 1.57. The van der Waals surface area contributed by atoms with Crippen molar-refractivity contribution < 1.29 is 18.3 Å². The van der Waals surface area contributed by atoms with Gasteiger partial charge in [-0.25, -0.2) is 13.2 Å². The number of carboxylic acid groups (broad SMARTS) is 1. The maximum absolute atomic E-state index is 12.8. The van der Waals surface area contributed by atoms with Gasteiger partial charge in [0.15, 0.2) is 0 Å². The summed E-state index contributed by atoms with van der Waals surface area (Å²) in [5.41, 5.74) is 0.505. The molecule has 0 bridgehead atoms. The van der Waals surface area contributed by atoms with Crippen molar-refractivity contribution in [3.05, 3.63) is 16.5 Å². The van der Waals surface area contributed by atoms with Crippen LogP contribution in [0.25, 0.3) is 0 Å². The molecule has 0 amide bonds. The molecule has 0 radical (unpaired) electrons. The zero-order valence-corrected chi connectivity index (χ0v) is 14.1. The number of thiophene rings is 1. The number of carboxylic acids is 1. The third kappa shape index (κ3) is 3.64. The highest BCUT2D eigenvalue weighted by Gasteiger charge is 2.39. The van der Waals surface area contributed by atoms with Gasteiger partial charge in [0.25, 0.3) is 10.0 Å². The van der Waals surface area contributed by atoms with Crippen LogP contribution in [0.1, 0.15) is 48.3 Å². The summed E-state index contributed by atoms with van der Waals surface area (Å²) < 4.78 is 27.2. The number of aromatic carboxylic acids is 1. The molecule has 118 valence electrons. The van der Waals surface area contributed by atoms with E-state index in [1.54, 1.807) is 11.2 Å². The van der Waals surface area contributed by atoms with Crippen LogP contribution in [0.15, 0.2) is 10.3 Å². The van der Waals surface area contributed by atoms with Crippen LogP contribution >= 0.6 is 11.3 Å². The molecule has 0 spiro atoms. The van der Waals surface area contributed by atoms with Crippen molar-refractivity contribution in [3.8, 4) is 0 Å². The molecule has 1 aliphatic rings. The van der Waals surface area contributed by atoms with E-state index < -0.39 is 16.0 Å². The summed E-state index contributed by atoms with van der Waals surface area (Å²) in [5.74, 6) is -0.639. The Morgan fingerprint density at radius 2 is 2.10 bits per heavy atom. The summed E-state index contributed by atoms with van der Waals surface area (Å²) in [6.45, 7) is 6.27. The van der Waals surface area contributed by atoms with Crippen molar-refractivity contribution in [2.75, 3.05) is 6.54 Å². The number of carbonyl (C=O) groups is 1. The van der Waals surface area contributed by atoms with Gasteiger partial charge in [-0.15, -0.1) is 11.3 Å². The molecule has 0 aromatic carbocycles. The standard InChI is InChI=1S/C14H21NO4S2/c1-9(2)6-7-15(11-4-5-11)21(18,19)12-8-10(3)13(20-12)14(16)17/h8-9,11H,4-7H2,1-3H3,(H,16,17). The van der Waals surface area contributed by atoms with E-state index in [2.05, 4.69) is 13.8 Å². The Morgan fingerprint density at radius 3 is 2.52 bits per heavy atom. The van der Waals surface area contributed by atoms with E-state index in [1.807, 2.05) is 0 Å². The second-order valence-corrected chi connectivity index (χ2v) is 9.08. The van der Waals surface area contributed by atoms with Gasteiger partial charge in [0, 0.05) is 12.6 Å². The zero-order valence-electron chi connectivity index (χ0n) is 12.5. The first kappa shape index (κ1) is 16.5. The lowest BCUT2D eigenvalue weighted by Crippen LogP contribution is -2.34. The van der Waals surface area contributed by atoms with Gasteiger partial charge in [-0.2, -0.15) is 4.31 Å². The van der Waals surface area contributed by atoms with Crippen LogP contribution in [0.2, 0.25) is 0 Å². The highest BCUT2D eigenvalue weighted by atomic mass is 32.2. The summed E-state index contributed by atoms with van der Waals surface area (Å²) >= 11 is 0.853. The van der Waals surface area contributed by atoms with E-state index in [9.17, 15) is 13.2 Å². The van der Waals surface area contributed by atoms with Crippen LogP contribution in [-0.2, 0) is 10.0 Å². The predicted molar refractivity (Wildman–Crippen MR) is 82.4 cm³/mol. The molecule has 0 aliphatic heterocycles. The molecule has 2 rings (SSSR count). The average Bonchev–Trinajstić information content (AvgIpc) is 3.10. The summed E-state index contributed by atoms with van der Waals surface area (Å²) in [7, 11) is -3.58. The minimum absolute atomic E-state index is 0.0874. The maximum atomic E-state index is 12.8. The largest absolute Gasteiger partial charge is 0.477 e. The van der Waals surface area contributed by atoms with Crippen LogP contribution in [0.3, 0.4) is 0 Å². The van der Waals surface area contributed by atoms with Crippen LogP contribution < -0.4 is 0 Å². The molecule has 0 saturated heterocycles. The molecule has 0 atom stereocenters. The topological polar surface area (TPSA) is 74.7 Å². The van der Waals surface area contributed by atoms with E-state index in [0.29, 0.717) is 18.0 Å². The Balaban J connectivity index is 2.30. The number of rotatable bonds is 7. The molecular weight excluding hydrogens is 310 g/mol. The number of aryl methyl sites for hydroxylation is 1. The molecule has 1 aromatic heterocycles. The summed E-state index contributed by atoms with van der Waals surface area (Å²) in [4.78, 5) is 11.2. The molecule has 7 heteroatoms. The van der Waals surface area contributed by atoms with Crippen molar-refractivity contribution in [3.63, 3.8) is 0 Å². The van der Waals surface area contributed by atoms with Gasteiger partial charge >= 0.3 is 5.97 Å². The number of nitrogens with zero attached hydrogens (tertiary/aromatic N) is 1. The molecule has 21 heavy (non-hydrogen) atoms. The average molecular weight is 331 g/mol. The fourth-order valence-corrected chi connectivity index (χ4v) is 5.36. The fraction of sp³-hybridized carbons (Fsp3) is 0.643. The second-order valence-electron chi connectivity index (χ2n) is 5.91. The summed E-state index contributed by atoms with van der Waals surface area (Å²) in [5, 5.41) is 9.08. The Morgan fingerprint density at radius 1 is 1.48 bits per heavy atom. The highest BCUT2D eigenvalue weighted by molar-refractivity contribution is 7.91.